The van der Waals surface area contributed by atoms with Gasteiger partial charge in [-0.25, -0.2) is 12.8 Å². The van der Waals surface area contributed by atoms with Gasteiger partial charge in [0.2, 0.25) is 10.0 Å². The predicted molar refractivity (Wildman–Crippen MR) is 121 cm³/mol. The summed E-state index contributed by atoms with van der Waals surface area (Å²) in [7, 11) is -7.46. The first kappa shape index (κ1) is 22.0. The van der Waals surface area contributed by atoms with Crippen LogP contribution in [0.25, 0.3) is 0 Å². The molecule has 0 bridgehead atoms. The van der Waals surface area contributed by atoms with Gasteiger partial charge in [0.25, 0.3) is 10.0 Å². The number of nitrogens with one attached hydrogen (secondary N) is 1. The molecule has 3 aromatic carbocycles. The molecule has 1 heterocycles. The summed E-state index contributed by atoms with van der Waals surface area (Å²) in [5, 5.41) is 4.42. The van der Waals surface area contributed by atoms with E-state index in [9.17, 15) is 21.2 Å². The Morgan fingerprint density at radius 2 is 1.62 bits per heavy atom. The second-order valence-corrected chi connectivity index (χ2v) is 10.9. The molecule has 0 unspecified atom stereocenters. The second-order valence-electron chi connectivity index (χ2n) is 7.36. The number of nitrogens with zero attached hydrogens (tertiary/aromatic N) is 2. The lowest BCUT2D eigenvalue weighted by Crippen LogP contribution is -2.27. The van der Waals surface area contributed by atoms with Gasteiger partial charge in [-0.1, -0.05) is 42.5 Å². The van der Waals surface area contributed by atoms with Gasteiger partial charge in [0.1, 0.15) is 5.82 Å². The zero-order chi connectivity index (χ0) is 22.9. The topological polar surface area (TPSA) is 95.9 Å². The first-order valence-corrected chi connectivity index (χ1v) is 13.0. The van der Waals surface area contributed by atoms with Gasteiger partial charge >= 0.3 is 0 Å². The first-order valence-electron chi connectivity index (χ1n) is 9.64. The lowest BCUT2D eigenvalue weighted by atomic mass is 9.99. The molecule has 0 spiro atoms. The van der Waals surface area contributed by atoms with E-state index >= 15 is 0 Å². The van der Waals surface area contributed by atoms with Crippen LogP contribution in [0.1, 0.15) is 23.6 Å². The lowest BCUT2D eigenvalue weighted by Gasteiger charge is -2.23. The maximum absolute atomic E-state index is 13.5. The minimum absolute atomic E-state index is 0.0876. The van der Waals surface area contributed by atoms with Crippen molar-refractivity contribution in [3.8, 4) is 0 Å². The van der Waals surface area contributed by atoms with Gasteiger partial charge in [-0.05, 0) is 47.5 Å². The minimum atomic E-state index is -3.99. The second kappa shape index (κ2) is 8.36. The highest BCUT2D eigenvalue weighted by Crippen LogP contribution is 2.37. The van der Waals surface area contributed by atoms with Crippen molar-refractivity contribution in [1.82, 2.24) is 4.41 Å². The largest absolute Gasteiger partial charge is 0.284 e. The first-order chi connectivity index (χ1) is 15.1. The molecule has 0 aromatic heterocycles. The highest BCUT2D eigenvalue weighted by molar-refractivity contribution is 7.92. The third-order valence-corrected chi connectivity index (χ3v) is 7.22. The number of benzene rings is 3. The molecule has 0 radical (unpaired) electrons. The molecule has 166 valence electrons. The van der Waals surface area contributed by atoms with E-state index in [1.807, 2.05) is 0 Å². The quantitative estimate of drug-likeness (QED) is 0.590. The van der Waals surface area contributed by atoms with Crippen LogP contribution in [-0.4, -0.2) is 33.2 Å². The van der Waals surface area contributed by atoms with E-state index in [-0.39, 0.29) is 11.3 Å². The Hall–Kier alpha value is -3.24. The number of hydrogen-bond acceptors (Lipinski definition) is 5. The Kier molecular flexibility index (Phi) is 5.74. The molecule has 10 heteroatoms. The molecule has 3 aromatic rings. The fourth-order valence-corrected chi connectivity index (χ4v) is 5.50. The summed E-state index contributed by atoms with van der Waals surface area (Å²) in [5.41, 5.74) is 1.98. The van der Waals surface area contributed by atoms with E-state index in [0.717, 1.165) is 10.7 Å². The third-order valence-electron chi connectivity index (χ3n) is 4.91. The van der Waals surface area contributed by atoms with Crippen molar-refractivity contribution in [2.24, 2.45) is 5.10 Å². The summed E-state index contributed by atoms with van der Waals surface area (Å²) in [6, 6.07) is 19.5. The van der Waals surface area contributed by atoms with E-state index in [0.29, 0.717) is 22.5 Å². The van der Waals surface area contributed by atoms with Gasteiger partial charge < -0.3 is 0 Å². The normalized spacial score (nSPS) is 16.6. The monoisotopic (exact) mass is 473 g/mol. The van der Waals surface area contributed by atoms with Crippen LogP contribution in [0.15, 0.2) is 88.9 Å². The van der Waals surface area contributed by atoms with E-state index in [4.69, 9.17) is 0 Å². The number of anilines is 1. The Morgan fingerprint density at radius 3 is 2.28 bits per heavy atom. The zero-order valence-corrected chi connectivity index (χ0v) is 18.6. The Balaban J connectivity index is 1.77. The Bertz CT molecular complexity index is 1370. The molecular formula is C22H20FN3O4S2. The number of sulfonamides is 2. The number of hydrogen-bond donors (Lipinski definition) is 1. The Labute approximate surface area is 186 Å². The lowest BCUT2D eigenvalue weighted by molar-refractivity contribution is 0.371. The van der Waals surface area contributed by atoms with E-state index in [1.54, 1.807) is 42.5 Å². The standard InChI is InChI=1S/C22H20FN3O4S2/c1-31(27,28)25-19-7-5-6-17(14-19)21-15-22(16-10-12-18(23)13-11-16)26(24-21)32(29,30)20-8-3-2-4-9-20/h2-14,22,25H,15H2,1H3/t22-/m0/s1. The molecule has 0 aliphatic carbocycles. The van der Waals surface area contributed by atoms with Crippen LogP contribution in [-0.2, 0) is 20.0 Å². The summed E-state index contributed by atoms with van der Waals surface area (Å²) in [6.07, 6.45) is 1.28. The molecular weight excluding hydrogens is 453 g/mol. The van der Waals surface area contributed by atoms with Crippen LogP contribution >= 0.6 is 0 Å². The van der Waals surface area contributed by atoms with Crippen molar-refractivity contribution < 1.29 is 21.2 Å². The van der Waals surface area contributed by atoms with E-state index in [2.05, 4.69) is 9.82 Å². The van der Waals surface area contributed by atoms with E-state index < -0.39 is 31.9 Å². The van der Waals surface area contributed by atoms with Crippen LogP contribution in [0.4, 0.5) is 10.1 Å². The summed E-state index contributed by atoms with van der Waals surface area (Å²) in [6.45, 7) is 0. The summed E-state index contributed by atoms with van der Waals surface area (Å²) in [4.78, 5) is 0.0876. The maximum Gasteiger partial charge on any atom is 0.279 e. The fourth-order valence-electron chi connectivity index (χ4n) is 3.49. The number of halogens is 1. The molecule has 0 saturated carbocycles. The van der Waals surface area contributed by atoms with Gasteiger partial charge in [0.05, 0.1) is 22.9 Å². The summed E-state index contributed by atoms with van der Waals surface area (Å²) >= 11 is 0. The van der Waals surface area contributed by atoms with Gasteiger partial charge in [0.15, 0.2) is 0 Å². The molecule has 1 atom stereocenters. The highest BCUT2D eigenvalue weighted by atomic mass is 32.2. The fraction of sp³-hybridized carbons (Fsp3) is 0.136. The van der Waals surface area contributed by atoms with E-state index in [1.165, 1.54) is 36.4 Å². The van der Waals surface area contributed by atoms with Crippen LogP contribution in [0.2, 0.25) is 0 Å². The van der Waals surface area contributed by atoms with Crippen LogP contribution in [0, 0.1) is 5.82 Å². The van der Waals surface area contributed by atoms with Crippen molar-refractivity contribution in [3.63, 3.8) is 0 Å². The SMILES string of the molecule is CS(=O)(=O)Nc1cccc(C2=NN(S(=O)(=O)c3ccccc3)[C@H](c3ccc(F)cc3)C2)c1. The Morgan fingerprint density at radius 1 is 0.938 bits per heavy atom. The van der Waals surface area contributed by atoms with Crippen molar-refractivity contribution in [3.05, 3.63) is 95.8 Å². The van der Waals surface area contributed by atoms with Gasteiger partial charge in [-0.3, -0.25) is 4.72 Å². The average Bonchev–Trinajstić information content (AvgIpc) is 3.20. The third kappa shape index (κ3) is 4.66. The van der Waals surface area contributed by atoms with Gasteiger partial charge in [-0.2, -0.15) is 17.9 Å². The average molecular weight is 474 g/mol. The molecule has 0 fully saturated rings. The number of hydrazone groups is 1. The molecule has 1 aliphatic heterocycles. The summed E-state index contributed by atoms with van der Waals surface area (Å²) in [5.74, 6) is -0.426. The number of rotatable bonds is 6. The molecule has 4 rings (SSSR count). The smallest absolute Gasteiger partial charge is 0.279 e. The van der Waals surface area contributed by atoms with Crippen LogP contribution in [0.5, 0.6) is 0 Å². The molecule has 32 heavy (non-hydrogen) atoms. The van der Waals surface area contributed by atoms with Crippen molar-refractivity contribution >= 4 is 31.4 Å². The van der Waals surface area contributed by atoms with Crippen molar-refractivity contribution in [2.45, 2.75) is 17.4 Å². The molecule has 0 saturated heterocycles. The zero-order valence-electron chi connectivity index (χ0n) is 17.0. The van der Waals surface area contributed by atoms with Gasteiger partial charge in [0, 0.05) is 12.1 Å². The molecule has 1 N–H and O–H groups in total. The van der Waals surface area contributed by atoms with Gasteiger partial charge in [-0.15, -0.1) is 0 Å². The van der Waals surface area contributed by atoms with Crippen LogP contribution in [0.3, 0.4) is 0 Å². The van der Waals surface area contributed by atoms with Crippen molar-refractivity contribution in [2.75, 3.05) is 11.0 Å². The van der Waals surface area contributed by atoms with Crippen molar-refractivity contribution in [1.29, 1.82) is 0 Å². The molecule has 7 nitrogen and oxygen atoms in total. The molecule has 0 amide bonds. The minimum Gasteiger partial charge on any atom is -0.284 e. The predicted octanol–water partition coefficient (Wildman–Crippen LogP) is 3.74. The highest BCUT2D eigenvalue weighted by Gasteiger charge is 2.37. The summed E-state index contributed by atoms with van der Waals surface area (Å²) < 4.78 is 66.8. The maximum atomic E-state index is 13.5. The molecule has 1 aliphatic rings. The van der Waals surface area contributed by atoms with Crippen LogP contribution < -0.4 is 4.72 Å².